The summed E-state index contributed by atoms with van der Waals surface area (Å²) < 4.78 is 11.3. The van der Waals surface area contributed by atoms with Crippen LogP contribution in [-0.4, -0.2) is 24.9 Å². The van der Waals surface area contributed by atoms with E-state index >= 15 is 0 Å². The Hall–Kier alpha value is -0.0800. The minimum atomic E-state index is -0.0240. The zero-order valence-electron chi connectivity index (χ0n) is 10.6. The van der Waals surface area contributed by atoms with Gasteiger partial charge in [-0.15, -0.1) is 0 Å². The minimum absolute atomic E-state index is 0.00237. The van der Waals surface area contributed by atoms with E-state index in [1.165, 1.54) is 0 Å². The lowest BCUT2D eigenvalue weighted by Gasteiger charge is -2.29. The maximum absolute atomic E-state index is 5.80. The molecular formula is C12H26O2. The molecule has 0 N–H and O–H groups in total. The fourth-order valence-electron chi connectivity index (χ4n) is 1.07. The van der Waals surface area contributed by atoms with Gasteiger partial charge in [-0.3, -0.25) is 0 Å². The predicted molar refractivity (Wildman–Crippen MR) is 60.6 cm³/mol. The van der Waals surface area contributed by atoms with Crippen LogP contribution >= 0.6 is 0 Å². The van der Waals surface area contributed by atoms with Gasteiger partial charge in [0.2, 0.25) is 0 Å². The van der Waals surface area contributed by atoms with Gasteiger partial charge in [0.1, 0.15) is 0 Å². The van der Waals surface area contributed by atoms with Crippen molar-refractivity contribution >= 4 is 0 Å². The maximum atomic E-state index is 5.80. The van der Waals surface area contributed by atoms with Crippen molar-refractivity contribution in [3.05, 3.63) is 0 Å². The highest BCUT2D eigenvalue weighted by molar-refractivity contribution is 4.73. The average Bonchev–Trinajstić information content (AvgIpc) is 2.17. The van der Waals surface area contributed by atoms with E-state index in [2.05, 4.69) is 34.6 Å². The van der Waals surface area contributed by atoms with Crippen molar-refractivity contribution in [3.8, 4) is 0 Å². The normalized spacial score (nSPS) is 16.7. The molecular weight excluding hydrogens is 176 g/mol. The molecule has 2 nitrogen and oxygen atoms in total. The van der Waals surface area contributed by atoms with E-state index in [4.69, 9.17) is 9.47 Å². The van der Waals surface area contributed by atoms with Crippen LogP contribution in [0.15, 0.2) is 0 Å². The van der Waals surface area contributed by atoms with Crippen LogP contribution in [-0.2, 0) is 9.47 Å². The molecule has 0 saturated carbocycles. The third kappa shape index (κ3) is 4.97. The highest BCUT2D eigenvalue weighted by Crippen LogP contribution is 2.21. The van der Waals surface area contributed by atoms with E-state index < -0.39 is 0 Å². The second kappa shape index (κ2) is 5.72. The Morgan fingerprint density at radius 2 is 1.57 bits per heavy atom. The molecule has 0 rings (SSSR count). The van der Waals surface area contributed by atoms with Gasteiger partial charge in [0.25, 0.3) is 0 Å². The van der Waals surface area contributed by atoms with Crippen molar-refractivity contribution in [1.29, 1.82) is 0 Å². The van der Waals surface area contributed by atoms with Crippen LogP contribution < -0.4 is 0 Å². The van der Waals surface area contributed by atoms with E-state index in [0.717, 1.165) is 25.9 Å². The first-order valence-corrected chi connectivity index (χ1v) is 5.58. The van der Waals surface area contributed by atoms with Gasteiger partial charge in [0.05, 0.1) is 17.8 Å². The van der Waals surface area contributed by atoms with Crippen LogP contribution in [0.3, 0.4) is 0 Å². The summed E-state index contributed by atoms with van der Waals surface area (Å²) in [7, 11) is 1.77. The molecule has 0 aliphatic carbocycles. The number of rotatable bonds is 7. The zero-order valence-corrected chi connectivity index (χ0v) is 10.6. The van der Waals surface area contributed by atoms with E-state index in [9.17, 15) is 0 Å². The minimum Gasteiger partial charge on any atom is -0.378 e. The van der Waals surface area contributed by atoms with Crippen molar-refractivity contribution < 1.29 is 9.47 Å². The molecule has 1 atom stereocenters. The number of methoxy groups -OCH3 is 1. The average molecular weight is 202 g/mol. The molecule has 0 aliphatic rings. The molecule has 86 valence electrons. The van der Waals surface area contributed by atoms with Gasteiger partial charge in [-0.2, -0.15) is 0 Å². The second-order valence-electron chi connectivity index (χ2n) is 4.72. The largest absolute Gasteiger partial charge is 0.378 e. The summed E-state index contributed by atoms with van der Waals surface area (Å²) in [5.74, 6) is 0. The summed E-state index contributed by atoms with van der Waals surface area (Å²) in [6.07, 6.45) is 3.03. The number of ether oxygens (including phenoxy) is 2. The van der Waals surface area contributed by atoms with E-state index in [0.29, 0.717) is 0 Å². The predicted octanol–water partition coefficient (Wildman–Crippen LogP) is 3.40. The Morgan fingerprint density at radius 1 is 1.00 bits per heavy atom. The lowest BCUT2D eigenvalue weighted by atomic mass is 9.99. The molecule has 0 heterocycles. The highest BCUT2D eigenvalue weighted by atomic mass is 16.5. The van der Waals surface area contributed by atoms with Gasteiger partial charge in [-0.25, -0.2) is 0 Å². The molecule has 14 heavy (non-hydrogen) atoms. The van der Waals surface area contributed by atoms with Gasteiger partial charge in [-0.05, 0) is 40.0 Å². The summed E-state index contributed by atoms with van der Waals surface area (Å²) in [5, 5.41) is 0. The fourth-order valence-corrected chi connectivity index (χ4v) is 1.07. The van der Waals surface area contributed by atoms with Crippen LogP contribution in [0.4, 0.5) is 0 Å². The SMILES string of the molecule is CCC(C)(C)OCCC(C)(CC)OC. The van der Waals surface area contributed by atoms with Gasteiger partial charge >= 0.3 is 0 Å². The molecule has 0 fully saturated rings. The number of hydrogen-bond donors (Lipinski definition) is 0. The van der Waals surface area contributed by atoms with Crippen LogP contribution in [0.25, 0.3) is 0 Å². The molecule has 0 aromatic rings. The second-order valence-corrected chi connectivity index (χ2v) is 4.72. The topological polar surface area (TPSA) is 18.5 Å². The van der Waals surface area contributed by atoms with Crippen LogP contribution in [0.1, 0.15) is 53.9 Å². The van der Waals surface area contributed by atoms with Crippen molar-refractivity contribution in [2.45, 2.75) is 65.1 Å². The fraction of sp³-hybridized carbons (Fsp3) is 1.00. The lowest BCUT2D eigenvalue weighted by Crippen LogP contribution is -2.31. The van der Waals surface area contributed by atoms with Gasteiger partial charge in [0, 0.05) is 7.11 Å². The summed E-state index contributed by atoms with van der Waals surface area (Å²) >= 11 is 0. The summed E-state index contributed by atoms with van der Waals surface area (Å²) in [5.41, 5.74) is -0.0216. The molecule has 0 amide bonds. The maximum Gasteiger partial charge on any atom is 0.0670 e. The van der Waals surface area contributed by atoms with Crippen molar-refractivity contribution in [3.63, 3.8) is 0 Å². The zero-order chi connectivity index (χ0) is 11.2. The molecule has 0 aliphatic heterocycles. The molecule has 1 unspecified atom stereocenters. The van der Waals surface area contributed by atoms with E-state index in [1.54, 1.807) is 7.11 Å². The van der Waals surface area contributed by atoms with Gasteiger partial charge in [0.15, 0.2) is 0 Å². The van der Waals surface area contributed by atoms with Gasteiger partial charge in [-0.1, -0.05) is 13.8 Å². The Labute approximate surface area is 89.0 Å². The van der Waals surface area contributed by atoms with Crippen molar-refractivity contribution in [2.24, 2.45) is 0 Å². The molecule has 0 bridgehead atoms. The van der Waals surface area contributed by atoms with Crippen LogP contribution in [0.2, 0.25) is 0 Å². The Bertz CT molecular complexity index is 148. The smallest absolute Gasteiger partial charge is 0.0670 e. The highest BCUT2D eigenvalue weighted by Gasteiger charge is 2.22. The quantitative estimate of drug-likeness (QED) is 0.630. The number of hydrogen-bond acceptors (Lipinski definition) is 2. The Morgan fingerprint density at radius 3 is 1.93 bits per heavy atom. The van der Waals surface area contributed by atoms with E-state index in [-0.39, 0.29) is 11.2 Å². The molecule has 0 saturated heterocycles. The summed E-state index contributed by atoms with van der Waals surface area (Å²) in [4.78, 5) is 0. The standard InChI is InChI=1S/C12H26O2/c1-7-11(3,4)14-10-9-12(5,8-2)13-6/h7-10H2,1-6H3. The van der Waals surface area contributed by atoms with E-state index in [1.807, 2.05) is 0 Å². The monoisotopic (exact) mass is 202 g/mol. The Kier molecular flexibility index (Phi) is 5.68. The van der Waals surface area contributed by atoms with Crippen LogP contribution in [0.5, 0.6) is 0 Å². The van der Waals surface area contributed by atoms with Gasteiger partial charge < -0.3 is 9.47 Å². The molecule has 0 radical (unpaired) electrons. The summed E-state index contributed by atoms with van der Waals surface area (Å²) in [6, 6.07) is 0. The first-order chi connectivity index (χ1) is 6.39. The molecule has 0 aromatic carbocycles. The molecule has 2 heteroatoms. The first kappa shape index (κ1) is 13.9. The third-order valence-electron chi connectivity index (χ3n) is 3.22. The summed E-state index contributed by atoms with van der Waals surface area (Å²) in [6.45, 7) is 11.5. The Balaban J connectivity index is 3.83. The molecule has 0 spiro atoms. The lowest BCUT2D eigenvalue weighted by molar-refractivity contribution is -0.0669. The van der Waals surface area contributed by atoms with Crippen LogP contribution in [0, 0.1) is 0 Å². The van der Waals surface area contributed by atoms with Crippen molar-refractivity contribution in [1.82, 2.24) is 0 Å². The third-order valence-corrected chi connectivity index (χ3v) is 3.22. The molecule has 0 aromatic heterocycles. The van der Waals surface area contributed by atoms with Crippen molar-refractivity contribution in [2.75, 3.05) is 13.7 Å². The first-order valence-electron chi connectivity index (χ1n) is 5.58.